The van der Waals surface area contributed by atoms with Crippen LogP contribution in [0.2, 0.25) is 5.02 Å². The van der Waals surface area contributed by atoms with Gasteiger partial charge >= 0.3 is 0 Å². The number of carbonyl (C=O) groups excluding carboxylic acids is 1. The number of hydrogen-bond donors (Lipinski definition) is 2. The molecule has 1 amide bonds. The van der Waals surface area contributed by atoms with Crippen molar-refractivity contribution in [3.05, 3.63) is 88.9 Å². The Morgan fingerprint density at radius 1 is 1.09 bits per heavy atom. The topological polar surface area (TPSA) is 81.1 Å². The van der Waals surface area contributed by atoms with E-state index in [2.05, 4.69) is 20.9 Å². The lowest BCUT2D eigenvalue weighted by atomic mass is 10.0. The number of halogens is 1. The van der Waals surface area contributed by atoms with E-state index in [9.17, 15) is 4.79 Å². The highest BCUT2D eigenvalue weighted by molar-refractivity contribution is 8.00. The van der Waals surface area contributed by atoms with Crippen molar-refractivity contribution >= 4 is 35.0 Å². The first-order valence-electron chi connectivity index (χ1n) is 10.7. The molecule has 5 rings (SSSR count). The first-order chi connectivity index (χ1) is 16.5. The Hall–Kier alpha value is -3.49. The van der Waals surface area contributed by atoms with Crippen LogP contribution in [0.1, 0.15) is 17.2 Å². The number of nitrogens with zero attached hydrogens (tertiary/aromatic N) is 3. The predicted octanol–water partition coefficient (Wildman–Crippen LogP) is 5.31. The molecule has 0 radical (unpaired) electrons. The molecule has 0 aliphatic carbocycles. The summed E-state index contributed by atoms with van der Waals surface area (Å²) in [5, 5.41) is 12.3. The highest BCUT2D eigenvalue weighted by atomic mass is 35.5. The molecular formula is C25H22ClN5O2S. The van der Waals surface area contributed by atoms with Crippen molar-refractivity contribution < 1.29 is 9.53 Å². The predicted molar refractivity (Wildman–Crippen MR) is 135 cm³/mol. The fourth-order valence-electron chi connectivity index (χ4n) is 3.81. The normalized spacial score (nSPS) is 16.9. The molecule has 0 spiro atoms. The number of thioether (sulfide) groups is 1. The minimum absolute atomic E-state index is 0.145. The Kier molecular flexibility index (Phi) is 6.17. The van der Waals surface area contributed by atoms with E-state index in [-0.39, 0.29) is 5.91 Å². The van der Waals surface area contributed by atoms with Crippen LogP contribution in [-0.4, -0.2) is 33.1 Å². The van der Waals surface area contributed by atoms with Crippen LogP contribution >= 0.6 is 23.4 Å². The summed E-state index contributed by atoms with van der Waals surface area (Å²) < 4.78 is 7.14. The second kappa shape index (κ2) is 9.40. The van der Waals surface area contributed by atoms with Gasteiger partial charge in [0.05, 0.1) is 18.2 Å². The van der Waals surface area contributed by atoms with Crippen LogP contribution in [0, 0.1) is 6.92 Å². The Morgan fingerprint density at radius 3 is 2.56 bits per heavy atom. The van der Waals surface area contributed by atoms with E-state index in [1.807, 2.05) is 78.3 Å². The monoisotopic (exact) mass is 491 g/mol. The van der Waals surface area contributed by atoms with Gasteiger partial charge < -0.3 is 15.5 Å². The lowest BCUT2D eigenvalue weighted by Gasteiger charge is -2.33. The smallest absolute Gasteiger partial charge is 0.240 e. The summed E-state index contributed by atoms with van der Waals surface area (Å²) in [4.78, 5) is 13.4. The summed E-state index contributed by atoms with van der Waals surface area (Å²) >= 11 is 7.80. The van der Waals surface area contributed by atoms with E-state index in [1.165, 1.54) is 11.8 Å². The first-order valence-corrected chi connectivity index (χ1v) is 11.9. The standard InChI is InChI=1S/C25H22ClN5O2S/c1-15-8-11-18(12-9-15)27-24(32)22-21(17-10-13-20(33-2)19(26)14-17)30-31-23(28-29-25(31)34-22)16-6-4-3-5-7-16/h3-14,21-22,30H,1-2H3,(H,27,32)/t21-,22-/m0/s1. The quantitative estimate of drug-likeness (QED) is 0.393. The summed E-state index contributed by atoms with van der Waals surface area (Å²) in [7, 11) is 1.57. The van der Waals surface area contributed by atoms with Crippen molar-refractivity contribution in [2.45, 2.75) is 23.4 Å². The molecule has 1 aliphatic heterocycles. The molecule has 34 heavy (non-hydrogen) atoms. The molecule has 0 saturated carbocycles. The fourth-order valence-corrected chi connectivity index (χ4v) is 5.15. The van der Waals surface area contributed by atoms with Gasteiger partial charge in [-0.15, -0.1) is 10.2 Å². The number of benzene rings is 3. The van der Waals surface area contributed by atoms with Crippen molar-refractivity contribution in [1.82, 2.24) is 14.9 Å². The number of amides is 1. The minimum Gasteiger partial charge on any atom is -0.495 e. The van der Waals surface area contributed by atoms with Gasteiger partial charge in [-0.1, -0.05) is 77.5 Å². The lowest BCUT2D eigenvalue weighted by Crippen LogP contribution is -2.41. The second-order valence-electron chi connectivity index (χ2n) is 7.90. The van der Waals surface area contributed by atoms with Gasteiger partial charge in [0.15, 0.2) is 5.82 Å². The third-order valence-corrected chi connectivity index (χ3v) is 7.09. The van der Waals surface area contributed by atoms with Crippen LogP contribution in [0.25, 0.3) is 11.4 Å². The van der Waals surface area contributed by atoms with E-state index in [0.717, 1.165) is 22.4 Å². The van der Waals surface area contributed by atoms with Gasteiger partial charge in [-0.2, -0.15) is 0 Å². The summed E-state index contributed by atoms with van der Waals surface area (Å²) in [6, 6.07) is 22.6. The summed E-state index contributed by atoms with van der Waals surface area (Å²) in [5.74, 6) is 1.10. The number of nitrogens with one attached hydrogen (secondary N) is 2. The van der Waals surface area contributed by atoms with Crippen LogP contribution < -0.4 is 15.5 Å². The molecule has 1 aromatic heterocycles. The highest BCUT2D eigenvalue weighted by Crippen LogP contribution is 2.40. The second-order valence-corrected chi connectivity index (χ2v) is 9.42. The molecule has 2 atom stereocenters. The molecule has 4 aromatic rings. The largest absolute Gasteiger partial charge is 0.495 e. The Bertz CT molecular complexity index is 1330. The molecule has 0 fully saturated rings. The number of anilines is 1. The Morgan fingerprint density at radius 2 is 1.85 bits per heavy atom. The summed E-state index contributed by atoms with van der Waals surface area (Å²) in [6.07, 6.45) is 0. The number of carbonyl (C=O) groups is 1. The van der Waals surface area contributed by atoms with E-state index in [1.54, 1.807) is 13.2 Å². The van der Waals surface area contributed by atoms with Crippen LogP contribution in [0.4, 0.5) is 5.69 Å². The number of ether oxygens (including phenoxy) is 1. The molecule has 0 saturated heterocycles. The van der Waals surface area contributed by atoms with Gasteiger partial charge in [0.1, 0.15) is 11.0 Å². The van der Waals surface area contributed by atoms with Crippen molar-refractivity contribution in [3.8, 4) is 17.1 Å². The summed E-state index contributed by atoms with van der Waals surface area (Å²) in [6.45, 7) is 2.01. The van der Waals surface area contributed by atoms with Gasteiger partial charge in [0, 0.05) is 11.3 Å². The van der Waals surface area contributed by atoms with Gasteiger partial charge in [-0.25, -0.2) is 4.68 Å². The maximum atomic E-state index is 13.4. The van der Waals surface area contributed by atoms with Crippen molar-refractivity contribution in [2.75, 3.05) is 17.9 Å². The van der Waals surface area contributed by atoms with Crippen LogP contribution in [-0.2, 0) is 4.79 Å². The molecule has 9 heteroatoms. The van der Waals surface area contributed by atoms with E-state index in [4.69, 9.17) is 16.3 Å². The first kappa shape index (κ1) is 22.3. The third kappa shape index (κ3) is 4.34. The van der Waals surface area contributed by atoms with Gasteiger partial charge in [0.2, 0.25) is 11.1 Å². The van der Waals surface area contributed by atoms with Gasteiger partial charge in [-0.3, -0.25) is 4.79 Å². The Labute approximate surface area is 206 Å². The molecule has 172 valence electrons. The van der Waals surface area contributed by atoms with Crippen molar-refractivity contribution in [1.29, 1.82) is 0 Å². The SMILES string of the molecule is COc1ccc([C@@H]2Nn3c(nnc3-c3ccccc3)S[C@@H]2C(=O)Nc2ccc(C)cc2)cc1Cl. The fraction of sp³-hybridized carbons (Fsp3) is 0.160. The Balaban J connectivity index is 1.52. The lowest BCUT2D eigenvalue weighted by molar-refractivity contribution is -0.116. The van der Waals surface area contributed by atoms with Crippen LogP contribution in [0.3, 0.4) is 0 Å². The average molecular weight is 492 g/mol. The van der Waals surface area contributed by atoms with Gasteiger partial charge in [0.25, 0.3) is 0 Å². The molecular weight excluding hydrogens is 470 g/mol. The molecule has 0 bridgehead atoms. The molecule has 3 aromatic carbocycles. The number of hydrogen-bond acceptors (Lipinski definition) is 6. The maximum Gasteiger partial charge on any atom is 0.240 e. The van der Waals surface area contributed by atoms with E-state index in [0.29, 0.717) is 21.8 Å². The van der Waals surface area contributed by atoms with E-state index >= 15 is 0 Å². The van der Waals surface area contributed by atoms with Crippen LogP contribution in [0.5, 0.6) is 5.75 Å². The molecule has 0 unspecified atom stereocenters. The summed E-state index contributed by atoms with van der Waals surface area (Å²) in [5.41, 5.74) is 7.09. The highest BCUT2D eigenvalue weighted by Gasteiger charge is 2.38. The van der Waals surface area contributed by atoms with Crippen LogP contribution in [0.15, 0.2) is 78.0 Å². The number of rotatable bonds is 5. The zero-order valence-corrected chi connectivity index (χ0v) is 20.1. The molecule has 2 heterocycles. The number of aryl methyl sites for hydroxylation is 1. The molecule has 7 nitrogen and oxygen atoms in total. The average Bonchev–Trinajstić information content (AvgIpc) is 3.28. The zero-order valence-electron chi connectivity index (χ0n) is 18.5. The zero-order chi connectivity index (χ0) is 23.7. The molecule has 2 N–H and O–H groups in total. The minimum atomic E-state index is -0.522. The maximum absolute atomic E-state index is 13.4. The van der Waals surface area contributed by atoms with Crippen molar-refractivity contribution in [3.63, 3.8) is 0 Å². The number of aromatic nitrogens is 3. The van der Waals surface area contributed by atoms with E-state index < -0.39 is 11.3 Å². The number of methoxy groups -OCH3 is 1. The molecule has 1 aliphatic rings. The van der Waals surface area contributed by atoms with Crippen molar-refractivity contribution in [2.24, 2.45) is 0 Å². The van der Waals surface area contributed by atoms with Gasteiger partial charge in [-0.05, 0) is 36.8 Å². The third-order valence-electron chi connectivity index (χ3n) is 5.58. The number of fused-ring (bicyclic) bond motifs is 1.